The van der Waals surface area contributed by atoms with E-state index in [0.29, 0.717) is 17.5 Å². The van der Waals surface area contributed by atoms with Crippen LogP contribution in [0.1, 0.15) is 5.56 Å². The summed E-state index contributed by atoms with van der Waals surface area (Å²) in [4.78, 5) is 17.7. The molecule has 21 heavy (non-hydrogen) atoms. The van der Waals surface area contributed by atoms with Gasteiger partial charge in [-0.25, -0.2) is 9.78 Å². The van der Waals surface area contributed by atoms with E-state index in [1.807, 2.05) is 24.3 Å². The predicted molar refractivity (Wildman–Crippen MR) is 78.8 cm³/mol. The smallest absolute Gasteiger partial charge is 0.317 e. The molecule has 1 N–H and O–H groups in total. The van der Waals surface area contributed by atoms with Gasteiger partial charge >= 0.3 is 6.03 Å². The van der Waals surface area contributed by atoms with E-state index in [2.05, 4.69) is 15.4 Å². The van der Waals surface area contributed by atoms with Gasteiger partial charge in [0.15, 0.2) is 0 Å². The number of halogens is 1. The Bertz CT molecular complexity index is 592. The van der Waals surface area contributed by atoms with Gasteiger partial charge in [0.1, 0.15) is 12.7 Å². The number of likely N-dealkylation sites (tertiary alicyclic amines) is 1. The zero-order chi connectivity index (χ0) is 14.7. The molecular weight excluding hydrogens is 290 g/mol. The fourth-order valence-electron chi connectivity index (χ4n) is 2.33. The number of urea groups is 1. The van der Waals surface area contributed by atoms with E-state index in [1.165, 1.54) is 6.33 Å². The van der Waals surface area contributed by atoms with Crippen LogP contribution in [0.5, 0.6) is 0 Å². The van der Waals surface area contributed by atoms with Crippen molar-refractivity contribution < 1.29 is 4.79 Å². The van der Waals surface area contributed by atoms with Crippen LogP contribution in [0.2, 0.25) is 5.02 Å². The van der Waals surface area contributed by atoms with E-state index < -0.39 is 0 Å². The summed E-state index contributed by atoms with van der Waals surface area (Å²) in [6, 6.07) is 7.43. The largest absolute Gasteiger partial charge is 0.334 e. The monoisotopic (exact) mass is 305 g/mol. The molecule has 0 spiro atoms. The summed E-state index contributed by atoms with van der Waals surface area (Å²) >= 11 is 5.82. The number of amides is 2. The van der Waals surface area contributed by atoms with Gasteiger partial charge < -0.3 is 10.2 Å². The van der Waals surface area contributed by atoms with Crippen LogP contribution >= 0.6 is 11.6 Å². The van der Waals surface area contributed by atoms with Crippen LogP contribution in [0.3, 0.4) is 0 Å². The molecule has 0 unspecified atom stereocenters. The molecule has 1 saturated heterocycles. The second kappa shape index (κ2) is 6.13. The number of carbonyl (C=O) groups excluding carboxylic acids is 1. The first-order chi connectivity index (χ1) is 10.2. The van der Waals surface area contributed by atoms with Crippen molar-refractivity contribution in [3.63, 3.8) is 0 Å². The van der Waals surface area contributed by atoms with Crippen LogP contribution in [-0.4, -0.2) is 38.8 Å². The summed E-state index contributed by atoms with van der Waals surface area (Å²) in [7, 11) is 0. The molecule has 1 aliphatic rings. The Morgan fingerprint density at radius 1 is 1.33 bits per heavy atom. The Labute approximate surface area is 127 Å². The molecule has 2 amide bonds. The van der Waals surface area contributed by atoms with Gasteiger partial charge in [0.05, 0.1) is 0 Å². The molecule has 0 aliphatic carbocycles. The zero-order valence-electron chi connectivity index (χ0n) is 11.4. The minimum absolute atomic E-state index is 0.0280. The molecule has 2 heterocycles. The summed E-state index contributed by atoms with van der Waals surface area (Å²) in [6.45, 7) is 2.83. The maximum Gasteiger partial charge on any atom is 0.317 e. The average molecular weight is 306 g/mol. The highest BCUT2D eigenvalue weighted by molar-refractivity contribution is 6.30. The third kappa shape index (κ3) is 3.52. The number of hydrogen-bond acceptors (Lipinski definition) is 3. The molecular formula is C14H16ClN5O. The highest BCUT2D eigenvalue weighted by Crippen LogP contribution is 2.17. The van der Waals surface area contributed by atoms with Crippen molar-refractivity contribution in [3.05, 3.63) is 47.5 Å². The third-order valence-electron chi connectivity index (χ3n) is 3.51. The van der Waals surface area contributed by atoms with E-state index in [9.17, 15) is 4.79 Å². The molecule has 2 aromatic rings. The van der Waals surface area contributed by atoms with Crippen LogP contribution in [0.25, 0.3) is 0 Å². The minimum Gasteiger partial charge on any atom is -0.334 e. The van der Waals surface area contributed by atoms with Gasteiger partial charge in [0.2, 0.25) is 0 Å². The lowest BCUT2D eigenvalue weighted by molar-refractivity contribution is 0.108. The molecule has 0 saturated carbocycles. The number of rotatable bonds is 4. The standard InChI is InChI=1S/C14H16ClN5O/c15-13-3-1-11(2-4-13)5-17-14(21)19-6-12(7-19)8-20-10-16-9-18-20/h1-4,9-10,12H,5-8H2,(H,17,21). The molecule has 1 aromatic carbocycles. The van der Waals surface area contributed by atoms with Crippen molar-refractivity contribution in [1.29, 1.82) is 0 Å². The fourth-order valence-corrected chi connectivity index (χ4v) is 2.46. The SMILES string of the molecule is O=C(NCc1ccc(Cl)cc1)N1CC(Cn2cncn2)C1. The van der Waals surface area contributed by atoms with Crippen LogP contribution in [0, 0.1) is 5.92 Å². The fraction of sp³-hybridized carbons (Fsp3) is 0.357. The lowest BCUT2D eigenvalue weighted by Crippen LogP contribution is -2.54. The van der Waals surface area contributed by atoms with Gasteiger partial charge in [0, 0.05) is 37.1 Å². The number of hydrogen-bond donors (Lipinski definition) is 1. The number of benzene rings is 1. The van der Waals surface area contributed by atoms with Crippen molar-refractivity contribution in [1.82, 2.24) is 25.0 Å². The quantitative estimate of drug-likeness (QED) is 0.936. The molecule has 3 rings (SSSR count). The normalized spacial score (nSPS) is 14.8. The summed E-state index contributed by atoms with van der Waals surface area (Å²) in [5.74, 6) is 0.452. The van der Waals surface area contributed by atoms with E-state index >= 15 is 0 Å². The van der Waals surface area contributed by atoms with Crippen molar-refractivity contribution in [2.75, 3.05) is 13.1 Å². The van der Waals surface area contributed by atoms with Crippen LogP contribution in [0.4, 0.5) is 4.79 Å². The van der Waals surface area contributed by atoms with Crippen molar-refractivity contribution >= 4 is 17.6 Å². The Morgan fingerprint density at radius 2 is 2.10 bits per heavy atom. The molecule has 6 nitrogen and oxygen atoms in total. The van der Waals surface area contributed by atoms with E-state index in [4.69, 9.17) is 11.6 Å². The van der Waals surface area contributed by atoms with Gasteiger partial charge in [0.25, 0.3) is 0 Å². The highest BCUT2D eigenvalue weighted by atomic mass is 35.5. The molecule has 1 aliphatic heterocycles. The number of nitrogens with one attached hydrogen (secondary N) is 1. The van der Waals surface area contributed by atoms with Gasteiger partial charge in [-0.05, 0) is 17.7 Å². The van der Waals surface area contributed by atoms with Gasteiger partial charge in [-0.1, -0.05) is 23.7 Å². The Kier molecular flexibility index (Phi) is 4.06. The average Bonchev–Trinajstić information content (AvgIpc) is 2.94. The minimum atomic E-state index is -0.0280. The first-order valence-electron chi connectivity index (χ1n) is 6.80. The van der Waals surface area contributed by atoms with Gasteiger partial charge in [-0.3, -0.25) is 4.68 Å². The number of nitrogens with zero attached hydrogens (tertiary/aromatic N) is 4. The second-order valence-electron chi connectivity index (χ2n) is 5.17. The Morgan fingerprint density at radius 3 is 2.76 bits per heavy atom. The topological polar surface area (TPSA) is 63.1 Å². The van der Waals surface area contributed by atoms with Gasteiger partial charge in [-0.2, -0.15) is 5.10 Å². The van der Waals surface area contributed by atoms with E-state index in [0.717, 1.165) is 25.2 Å². The van der Waals surface area contributed by atoms with Crippen LogP contribution in [0.15, 0.2) is 36.9 Å². The van der Waals surface area contributed by atoms with Gasteiger partial charge in [-0.15, -0.1) is 0 Å². The third-order valence-corrected chi connectivity index (χ3v) is 3.77. The lowest BCUT2D eigenvalue weighted by Gasteiger charge is -2.38. The number of aromatic nitrogens is 3. The van der Waals surface area contributed by atoms with Crippen LogP contribution < -0.4 is 5.32 Å². The molecule has 1 fully saturated rings. The number of carbonyl (C=O) groups is 1. The molecule has 0 radical (unpaired) electrons. The molecule has 110 valence electrons. The van der Waals surface area contributed by atoms with Crippen molar-refractivity contribution in [3.8, 4) is 0 Å². The summed E-state index contributed by atoms with van der Waals surface area (Å²) in [5.41, 5.74) is 1.03. The first-order valence-corrected chi connectivity index (χ1v) is 7.18. The molecule has 0 atom stereocenters. The van der Waals surface area contributed by atoms with E-state index in [-0.39, 0.29) is 6.03 Å². The molecule has 7 heteroatoms. The molecule has 0 bridgehead atoms. The zero-order valence-corrected chi connectivity index (χ0v) is 12.2. The summed E-state index contributed by atoms with van der Waals surface area (Å²) < 4.78 is 1.80. The highest BCUT2D eigenvalue weighted by Gasteiger charge is 2.30. The maximum atomic E-state index is 12.0. The second-order valence-corrected chi connectivity index (χ2v) is 5.61. The Hall–Kier alpha value is -2.08. The first kappa shape index (κ1) is 13.9. The predicted octanol–water partition coefficient (Wildman–Crippen LogP) is 1.77. The van der Waals surface area contributed by atoms with Crippen LogP contribution in [-0.2, 0) is 13.1 Å². The van der Waals surface area contributed by atoms with E-state index in [1.54, 1.807) is 15.9 Å². The summed E-state index contributed by atoms with van der Waals surface area (Å²) in [6.07, 6.45) is 3.22. The molecule has 1 aromatic heterocycles. The summed E-state index contributed by atoms with van der Waals surface area (Å²) in [5, 5.41) is 7.67. The Balaban J connectivity index is 1.40. The maximum absolute atomic E-state index is 12.0. The van der Waals surface area contributed by atoms with Crippen molar-refractivity contribution in [2.45, 2.75) is 13.1 Å². The lowest BCUT2D eigenvalue weighted by atomic mass is 10.0. The van der Waals surface area contributed by atoms with Crippen molar-refractivity contribution in [2.24, 2.45) is 5.92 Å².